The summed E-state index contributed by atoms with van der Waals surface area (Å²) in [6.07, 6.45) is 1.63. The minimum atomic E-state index is -0.836. The summed E-state index contributed by atoms with van der Waals surface area (Å²) in [5, 5.41) is 6.73. The Bertz CT molecular complexity index is 384. The average molecular weight is 226 g/mol. The molecule has 0 atom stereocenters. The van der Waals surface area contributed by atoms with E-state index in [0.717, 1.165) is 5.56 Å². The van der Waals surface area contributed by atoms with E-state index >= 15 is 0 Å². The number of nitrogen functional groups attached to an aromatic ring is 1. The molecule has 90 valence electrons. The SMILES string of the molecule is COC(C)(C)C(=O)NCc1cnn(C)c1N. The van der Waals surface area contributed by atoms with Crippen molar-refractivity contribution in [2.75, 3.05) is 12.8 Å². The van der Waals surface area contributed by atoms with Gasteiger partial charge in [-0.2, -0.15) is 5.10 Å². The van der Waals surface area contributed by atoms with Gasteiger partial charge in [-0.25, -0.2) is 0 Å². The van der Waals surface area contributed by atoms with Crippen molar-refractivity contribution in [3.8, 4) is 0 Å². The van der Waals surface area contributed by atoms with Crippen LogP contribution in [0.15, 0.2) is 6.20 Å². The molecule has 0 aliphatic rings. The first kappa shape index (κ1) is 12.5. The van der Waals surface area contributed by atoms with Crippen molar-refractivity contribution in [2.45, 2.75) is 26.0 Å². The number of aromatic nitrogens is 2. The number of carbonyl (C=O) groups excluding carboxylic acids is 1. The highest BCUT2D eigenvalue weighted by molar-refractivity contribution is 5.84. The lowest BCUT2D eigenvalue weighted by Gasteiger charge is -2.21. The standard InChI is InChI=1S/C10H18N4O2/c1-10(2,16-4)9(15)12-5-7-6-13-14(3)8(7)11/h6H,5,11H2,1-4H3,(H,12,15). The van der Waals surface area contributed by atoms with Crippen LogP contribution >= 0.6 is 0 Å². The lowest BCUT2D eigenvalue weighted by Crippen LogP contribution is -2.43. The van der Waals surface area contributed by atoms with Crippen LogP contribution in [0.1, 0.15) is 19.4 Å². The minimum absolute atomic E-state index is 0.182. The van der Waals surface area contributed by atoms with Crippen LogP contribution in [0.3, 0.4) is 0 Å². The molecule has 0 aliphatic carbocycles. The van der Waals surface area contributed by atoms with Crippen LogP contribution in [-0.2, 0) is 23.1 Å². The number of nitrogens with two attached hydrogens (primary N) is 1. The highest BCUT2D eigenvalue weighted by atomic mass is 16.5. The zero-order chi connectivity index (χ0) is 12.3. The van der Waals surface area contributed by atoms with Crippen LogP contribution in [0.25, 0.3) is 0 Å². The Labute approximate surface area is 94.8 Å². The van der Waals surface area contributed by atoms with Gasteiger partial charge in [-0.1, -0.05) is 0 Å². The molecule has 0 fully saturated rings. The van der Waals surface area contributed by atoms with Gasteiger partial charge in [0.25, 0.3) is 5.91 Å². The molecule has 0 radical (unpaired) electrons. The number of hydrogen-bond acceptors (Lipinski definition) is 4. The van der Waals surface area contributed by atoms with Crippen molar-refractivity contribution >= 4 is 11.7 Å². The summed E-state index contributed by atoms with van der Waals surface area (Å²) in [4.78, 5) is 11.7. The van der Waals surface area contributed by atoms with E-state index in [2.05, 4.69) is 10.4 Å². The van der Waals surface area contributed by atoms with E-state index in [0.29, 0.717) is 12.4 Å². The number of ether oxygens (including phenoxy) is 1. The van der Waals surface area contributed by atoms with Gasteiger partial charge in [0.05, 0.1) is 6.20 Å². The molecule has 1 aromatic rings. The van der Waals surface area contributed by atoms with Crippen molar-refractivity contribution in [1.82, 2.24) is 15.1 Å². The quantitative estimate of drug-likeness (QED) is 0.759. The Balaban J connectivity index is 2.59. The molecule has 0 unspecified atom stereocenters. The number of rotatable bonds is 4. The second-order valence-electron chi connectivity index (χ2n) is 4.08. The fourth-order valence-corrected chi connectivity index (χ4v) is 1.11. The molecule has 1 heterocycles. The highest BCUT2D eigenvalue weighted by Crippen LogP contribution is 2.11. The molecule has 0 bridgehead atoms. The monoisotopic (exact) mass is 226 g/mol. The van der Waals surface area contributed by atoms with E-state index in [4.69, 9.17) is 10.5 Å². The van der Waals surface area contributed by atoms with E-state index in [-0.39, 0.29) is 5.91 Å². The first-order chi connectivity index (χ1) is 7.38. The Kier molecular flexibility index (Phi) is 3.54. The van der Waals surface area contributed by atoms with Gasteiger partial charge in [-0.15, -0.1) is 0 Å². The molecule has 0 saturated heterocycles. The first-order valence-corrected chi connectivity index (χ1v) is 4.98. The highest BCUT2D eigenvalue weighted by Gasteiger charge is 2.26. The summed E-state index contributed by atoms with van der Waals surface area (Å²) >= 11 is 0. The van der Waals surface area contributed by atoms with Crippen LogP contribution in [0.5, 0.6) is 0 Å². The summed E-state index contributed by atoms with van der Waals surface area (Å²) in [7, 11) is 3.25. The van der Waals surface area contributed by atoms with Gasteiger partial charge >= 0.3 is 0 Å². The first-order valence-electron chi connectivity index (χ1n) is 4.98. The van der Waals surface area contributed by atoms with Crippen molar-refractivity contribution in [3.05, 3.63) is 11.8 Å². The molecule has 6 nitrogen and oxygen atoms in total. The summed E-state index contributed by atoms with van der Waals surface area (Å²) in [5.41, 5.74) is 5.71. The Morgan fingerprint density at radius 1 is 1.69 bits per heavy atom. The molecule has 1 aromatic heterocycles. The van der Waals surface area contributed by atoms with Crippen molar-refractivity contribution in [1.29, 1.82) is 0 Å². The molecule has 3 N–H and O–H groups in total. The second-order valence-corrected chi connectivity index (χ2v) is 4.08. The van der Waals surface area contributed by atoms with E-state index in [9.17, 15) is 4.79 Å². The number of nitrogens with one attached hydrogen (secondary N) is 1. The zero-order valence-electron chi connectivity index (χ0n) is 10.1. The molecular formula is C10H18N4O2. The van der Waals surface area contributed by atoms with Crippen LogP contribution in [0, 0.1) is 0 Å². The van der Waals surface area contributed by atoms with Gasteiger partial charge in [-0.3, -0.25) is 9.48 Å². The summed E-state index contributed by atoms with van der Waals surface area (Å²) < 4.78 is 6.62. The number of methoxy groups -OCH3 is 1. The smallest absolute Gasteiger partial charge is 0.251 e. The van der Waals surface area contributed by atoms with Crippen LogP contribution in [0.4, 0.5) is 5.82 Å². The molecule has 0 spiro atoms. The van der Waals surface area contributed by atoms with Crippen molar-refractivity contribution in [2.24, 2.45) is 7.05 Å². The largest absolute Gasteiger partial charge is 0.384 e. The van der Waals surface area contributed by atoms with E-state index in [1.807, 2.05) is 0 Å². The number of aryl methyl sites for hydroxylation is 1. The third kappa shape index (κ3) is 2.52. The van der Waals surface area contributed by atoms with E-state index in [1.54, 1.807) is 31.8 Å². The molecule has 1 rings (SSSR count). The maximum atomic E-state index is 11.7. The fraction of sp³-hybridized carbons (Fsp3) is 0.600. The van der Waals surface area contributed by atoms with Gasteiger partial charge in [0.15, 0.2) is 0 Å². The predicted octanol–water partition coefficient (Wildman–Crippen LogP) is 0.0435. The molecular weight excluding hydrogens is 208 g/mol. The third-order valence-corrected chi connectivity index (χ3v) is 2.56. The summed E-state index contributed by atoms with van der Waals surface area (Å²) in [6.45, 7) is 3.76. The summed E-state index contributed by atoms with van der Waals surface area (Å²) in [5.74, 6) is 0.369. The third-order valence-electron chi connectivity index (χ3n) is 2.56. The molecule has 0 saturated carbocycles. The fourth-order valence-electron chi connectivity index (χ4n) is 1.11. The second kappa shape index (κ2) is 4.52. The zero-order valence-corrected chi connectivity index (χ0v) is 10.1. The average Bonchev–Trinajstić information content (AvgIpc) is 2.56. The lowest BCUT2D eigenvalue weighted by atomic mass is 10.1. The Hall–Kier alpha value is -1.56. The molecule has 1 amide bonds. The number of nitrogens with zero attached hydrogens (tertiary/aromatic N) is 2. The normalized spacial score (nSPS) is 11.5. The number of amides is 1. The molecule has 6 heteroatoms. The number of anilines is 1. The van der Waals surface area contributed by atoms with Gasteiger partial charge in [0, 0.05) is 26.3 Å². The lowest BCUT2D eigenvalue weighted by molar-refractivity contribution is -0.139. The molecule has 0 aliphatic heterocycles. The predicted molar refractivity (Wildman–Crippen MR) is 60.6 cm³/mol. The van der Waals surface area contributed by atoms with E-state index in [1.165, 1.54) is 7.11 Å². The Morgan fingerprint density at radius 3 is 2.75 bits per heavy atom. The number of carbonyl (C=O) groups is 1. The van der Waals surface area contributed by atoms with Gasteiger partial charge in [0.2, 0.25) is 0 Å². The van der Waals surface area contributed by atoms with Crippen molar-refractivity contribution in [3.63, 3.8) is 0 Å². The van der Waals surface area contributed by atoms with Crippen LogP contribution in [0.2, 0.25) is 0 Å². The topological polar surface area (TPSA) is 82.2 Å². The molecule has 0 aromatic carbocycles. The van der Waals surface area contributed by atoms with Crippen LogP contribution in [-0.4, -0.2) is 28.4 Å². The molecule has 16 heavy (non-hydrogen) atoms. The van der Waals surface area contributed by atoms with Gasteiger partial charge < -0.3 is 15.8 Å². The van der Waals surface area contributed by atoms with Crippen LogP contribution < -0.4 is 11.1 Å². The maximum Gasteiger partial charge on any atom is 0.251 e. The van der Waals surface area contributed by atoms with E-state index < -0.39 is 5.60 Å². The number of hydrogen-bond donors (Lipinski definition) is 2. The van der Waals surface area contributed by atoms with Crippen molar-refractivity contribution < 1.29 is 9.53 Å². The minimum Gasteiger partial charge on any atom is -0.384 e. The van der Waals surface area contributed by atoms with Gasteiger partial charge in [0.1, 0.15) is 11.4 Å². The maximum absolute atomic E-state index is 11.7. The van der Waals surface area contributed by atoms with Gasteiger partial charge in [-0.05, 0) is 13.8 Å². The Morgan fingerprint density at radius 2 is 2.31 bits per heavy atom. The summed E-state index contributed by atoms with van der Waals surface area (Å²) in [6, 6.07) is 0.